The highest BCUT2D eigenvalue weighted by Crippen LogP contribution is 2.26. The summed E-state index contributed by atoms with van der Waals surface area (Å²) in [6.07, 6.45) is 0. The molecule has 0 unspecified atom stereocenters. The highest BCUT2D eigenvalue weighted by atomic mass is 16.6. The maximum absolute atomic E-state index is 12.9. The zero-order valence-electron chi connectivity index (χ0n) is 16.7. The van der Waals surface area contributed by atoms with E-state index in [1.165, 1.54) is 4.68 Å². The van der Waals surface area contributed by atoms with Crippen molar-refractivity contribution in [3.63, 3.8) is 0 Å². The number of methoxy groups -OCH3 is 1. The van der Waals surface area contributed by atoms with Gasteiger partial charge in [0.2, 0.25) is 11.6 Å². The first-order valence-electron chi connectivity index (χ1n) is 9.17. The van der Waals surface area contributed by atoms with Gasteiger partial charge >= 0.3 is 0 Å². The van der Waals surface area contributed by atoms with Crippen molar-refractivity contribution in [1.29, 1.82) is 0 Å². The fourth-order valence-corrected chi connectivity index (χ4v) is 2.86. The zero-order valence-corrected chi connectivity index (χ0v) is 16.7. The van der Waals surface area contributed by atoms with Crippen LogP contribution in [-0.2, 0) is 0 Å². The minimum absolute atomic E-state index is 0.0161. The fraction of sp³-hybridized carbons (Fsp3) is 0.100. The summed E-state index contributed by atoms with van der Waals surface area (Å²) in [5, 5.41) is 19.5. The van der Waals surface area contributed by atoms with E-state index in [9.17, 15) is 4.79 Å². The molecule has 0 radical (unpaired) electrons. The van der Waals surface area contributed by atoms with E-state index in [1.54, 1.807) is 14.0 Å². The van der Waals surface area contributed by atoms with Crippen LogP contribution in [0.3, 0.4) is 0 Å². The number of carbonyl (C=O) groups is 1. The number of nitrogens with zero attached hydrogens (tertiary/aromatic N) is 6. The summed E-state index contributed by atoms with van der Waals surface area (Å²) in [5.74, 6) is 0.324. The van der Waals surface area contributed by atoms with E-state index in [0.29, 0.717) is 17.0 Å². The van der Waals surface area contributed by atoms with Crippen LogP contribution in [0.15, 0.2) is 64.3 Å². The molecule has 3 N–H and O–H groups in total. The van der Waals surface area contributed by atoms with Crippen molar-refractivity contribution in [2.24, 2.45) is 5.10 Å². The molecule has 31 heavy (non-hydrogen) atoms. The van der Waals surface area contributed by atoms with Gasteiger partial charge in [0.15, 0.2) is 5.69 Å². The molecule has 0 spiro atoms. The van der Waals surface area contributed by atoms with Crippen LogP contribution in [-0.4, -0.2) is 44.0 Å². The minimum atomic E-state index is -0.548. The lowest BCUT2D eigenvalue weighted by Gasteiger charge is -2.06. The molecule has 11 nitrogen and oxygen atoms in total. The first-order valence-corrected chi connectivity index (χ1v) is 9.17. The van der Waals surface area contributed by atoms with Gasteiger partial charge in [0, 0.05) is 5.56 Å². The molecule has 0 aliphatic heterocycles. The van der Waals surface area contributed by atoms with Gasteiger partial charge in [-0.2, -0.15) is 9.78 Å². The number of hydrogen-bond donors (Lipinski definition) is 2. The number of nitrogens with one attached hydrogen (secondary N) is 1. The Balaban J connectivity index is 1.66. The van der Waals surface area contributed by atoms with Gasteiger partial charge in [0.05, 0.1) is 12.8 Å². The van der Waals surface area contributed by atoms with E-state index in [1.807, 2.05) is 54.6 Å². The Kier molecular flexibility index (Phi) is 5.39. The second-order valence-electron chi connectivity index (χ2n) is 6.40. The molecule has 1 amide bonds. The van der Waals surface area contributed by atoms with Crippen molar-refractivity contribution in [3.05, 3.63) is 65.9 Å². The maximum atomic E-state index is 12.9. The number of hydrazone groups is 1. The minimum Gasteiger partial charge on any atom is -0.497 e. The number of nitrogens with two attached hydrogens (primary N) is 1. The molecule has 0 fully saturated rings. The number of benzene rings is 2. The van der Waals surface area contributed by atoms with Crippen molar-refractivity contribution >= 4 is 17.4 Å². The standard InChI is InChI=1S/C20H18N8O3/c1-12(13-8-10-15(30-2)11-9-13)22-24-20(29)16-17(14-6-4-3-5-7-14)28(27-23-16)19-18(21)25-31-26-19/h3-11H,1-2H3,(H2,21,25)(H,24,29). The molecule has 0 bridgehead atoms. The summed E-state index contributed by atoms with van der Waals surface area (Å²) in [4.78, 5) is 12.9. The van der Waals surface area contributed by atoms with Crippen LogP contribution in [0.25, 0.3) is 17.1 Å². The number of ether oxygens (including phenoxy) is 1. The number of rotatable bonds is 6. The fourth-order valence-electron chi connectivity index (χ4n) is 2.86. The predicted molar refractivity (Wildman–Crippen MR) is 112 cm³/mol. The third kappa shape index (κ3) is 3.96. The Hall–Kier alpha value is -4.54. The summed E-state index contributed by atoms with van der Waals surface area (Å²) in [6, 6.07) is 16.4. The molecule has 156 valence electrons. The van der Waals surface area contributed by atoms with Gasteiger partial charge in [-0.1, -0.05) is 35.5 Å². The first kappa shape index (κ1) is 19.8. The van der Waals surface area contributed by atoms with Crippen LogP contribution < -0.4 is 15.9 Å². The average molecular weight is 418 g/mol. The lowest BCUT2D eigenvalue weighted by molar-refractivity contribution is 0.0950. The first-order chi connectivity index (χ1) is 15.1. The molecule has 0 aliphatic carbocycles. The van der Waals surface area contributed by atoms with Gasteiger partial charge in [-0.15, -0.1) is 5.10 Å². The lowest BCUT2D eigenvalue weighted by Crippen LogP contribution is -2.21. The van der Waals surface area contributed by atoms with E-state index in [4.69, 9.17) is 10.5 Å². The Morgan fingerprint density at radius 1 is 1.13 bits per heavy atom. The van der Waals surface area contributed by atoms with Gasteiger partial charge < -0.3 is 10.5 Å². The van der Waals surface area contributed by atoms with Crippen molar-refractivity contribution in [1.82, 2.24) is 30.7 Å². The number of hydrogen-bond acceptors (Lipinski definition) is 9. The smallest absolute Gasteiger partial charge is 0.294 e. The van der Waals surface area contributed by atoms with Crippen LogP contribution in [0.1, 0.15) is 23.0 Å². The second-order valence-corrected chi connectivity index (χ2v) is 6.40. The van der Waals surface area contributed by atoms with Crippen LogP contribution in [0.2, 0.25) is 0 Å². The molecule has 11 heteroatoms. The van der Waals surface area contributed by atoms with E-state index in [2.05, 4.69) is 35.8 Å². The highest BCUT2D eigenvalue weighted by Gasteiger charge is 2.25. The van der Waals surface area contributed by atoms with Crippen LogP contribution >= 0.6 is 0 Å². The van der Waals surface area contributed by atoms with E-state index < -0.39 is 5.91 Å². The van der Waals surface area contributed by atoms with Gasteiger partial charge in [0.1, 0.15) is 11.4 Å². The average Bonchev–Trinajstić information content (AvgIpc) is 3.43. The van der Waals surface area contributed by atoms with Crippen molar-refractivity contribution in [2.75, 3.05) is 12.8 Å². The van der Waals surface area contributed by atoms with E-state index in [0.717, 1.165) is 11.3 Å². The number of nitrogen functional groups attached to an aromatic ring is 1. The van der Waals surface area contributed by atoms with Crippen molar-refractivity contribution in [2.45, 2.75) is 6.92 Å². The Bertz CT molecular complexity index is 1230. The Morgan fingerprint density at radius 3 is 2.52 bits per heavy atom. The van der Waals surface area contributed by atoms with Crippen LogP contribution in [0, 0.1) is 0 Å². The van der Waals surface area contributed by atoms with Gasteiger partial charge in [-0.05, 0) is 47.1 Å². The van der Waals surface area contributed by atoms with Gasteiger partial charge in [-0.3, -0.25) is 4.79 Å². The molecular formula is C20H18N8O3. The predicted octanol–water partition coefficient (Wildman–Crippen LogP) is 2.06. The summed E-state index contributed by atoms with van der Waals surface area (Å²) in [7, 11) is 1.59. The van der Waals surface area contributed by atoms with E-state index >= 15 is 0 Å². The molecule has 2 aromatic carbocycles. The topological polar surface area (TPSA) is 146 Å². The SMILES string of the molecule is COc1ccc(C(C)=NNC(=O)c2nnn(-c3nonc3N)c2-c2ccccc2)cc1. The highest BCUT2D eigenvalue weighted by molar-refractivity contribution is 6.02. The molecule has 2 aromatic heterocycles. The van der Waals surface area contributed by atoms with E-state index in [-0.39, 0.29) is 17.3 Å². The third-order valence-electron chi connectivity index (χ3n) is 4.46. The largest absolute Gasteiger partial charge is 0.497 e. The quantitative estimate of drug-likeness (QED) is 0.357. The number of carbonyl (C=O) groups excluding carboxylic acids is 1. The number of amides is 1. The Labute approximate surface area is 176 Å². The molecule has 0 aliphatic rings. The van der Waals surface area contributed by atoms with Gasteiger partial charge in [-0.25, -0.2) is 10.1 Å². The lowest BCUT2D eigenvalue weighted by atomic mass is 10.1. The molecular weight excluding hydrogens is 400 g/mol. The second kappa shape index (κ2) is 8.45. The zero-order chi connectivity index (χ0) is 21.8. The molecule has 2 heterocycles. The summed E-state index contributed by atoms with van der Waals surface area (Å²) >= 11 is 0. The van der Waals surface area contributed by atoms with Crippen LogP contribution in [0.5, 0.6) is 5.75 Å². The molecule has 4 rings (SSSR count). The summed E-state index contributed by atoms with van der Waals surface area (Å²) in [6.45, 7) is 1.78. The third-order valence-corrected chi connectivity index (χ3v) is 4.46. The number of aromatic nitrogens is 5. The maximum Gasteiger partial charge on any atom is 0.294 e. The van der Waals surface area contributed by atoms with Crippen molar-refractivity contribution in [3.8, 4) is 22.8 Å². The number of anilines is 1. The van der Waals surface area contributed by atoms with Gasteiger partial charge in [0.25, 0.3) is 5.91 Å². The molecule has 0 saturated heterocycles. The molecule has 0 saturated carbocycles. The molecule has 4 aromatic rings. The van der Waals surface area contributed by atoms with Crippen molar-refractivity contribution < 1.29 is 14.2 Å². The molecule has 0 atom stereocenters. The normalized spacial score (nSPS) is 11.4. The van der Waals surface area contributed by atoms with Crippen LogP contribution in [0.4, 0.5) is 5.82 Å². The summed E-state index contributed by atoms with van der Waals surface area (Å²) < 4.78 is 11.1. The summed E-state index contributed by atoms with van der Waals surface area (Å²) in [5.41, 5.74) is 10.8. The Morgan fingerprint density at radius 2 is 1.87 bits per heavy atom. The monoisotopic (exact) mass is 418 g/mol.